The lowest BCUT2D eigenvalue weighted by atomic mass is 10.1. The highest BCUT2D eigenvalue weighted by atomic mass is 32.2. The summed E-state index contributed by atoms with van der Waals surface area (Å²) in [6.07, 6.45) is 0.999. The Morgan fingerprint density at radius 2 is 1.89 bits per heavy atom. The van der Waals surface area contributed by atoms with E-state index in [4.69, 9.17) is 4.74 Å². The van der Waals surface area contributed by atoms with Crippen molar-refractivity contribution in [2.75, 3.05) is 32.8 Å². The monoisotopic (exact) mass is 396 g/mol. The lowest BCUT2D eigenvalue weighted by molar-refractivity contribution is 0.0729. The number of sulfonamides is 1. The van der Waals surface area contributed by atoms with E-state index in [0.717, 1.165) is 30.1 Å². The van der Waals surface area contributed by atoms with Gasteiger partial charge >= 0.3 is 0 Å². The number of rotatable bonds is 8. The molecule has 1 saturated heterocycles. The summed E-state index contributed by atoms with van der Waals surface area (Å²) in [5, 5.41) is 6.59. The molecule has 152 valence electrons. The fourth-order valence-electron chi connectivity index (χ4n) is 2.78. The Labute approximate surface area is 163 Å². The van der Waals surface area contributed by atoms with Crippen molar-refractivity contribution in [2.45, 2.75) is 45.5 Å². The van der Waals surface area contributed by atoms with Gasteiger partial charge in [-0.2, -0.15) is 4.31 Å². The molecule has 1 aromatic carbocycles. The van der Waals surface area contributed by atoms with Crippen LogP contribution in [0.2, 0.25) is 0 Å². The van der Waals surface area contributed by atoms with Gasteiger partial charge in [0, 0.05) is 25.7 Å². The molecule has 0 aromatic heterocycles. The highest BCUT2D eigenvalue weighted by molar-refractivity contribution is 7.88. The summed E-state index contributed by atoms with van der Waals surface area (Å²) in [5.74, 6) is 0.742. The Kier molecular flexibility index (Phi) is 8.53. The standard InChI is InChI=1S/C19H32N4O3S/c1-4-16(3)22-19(20-5-2)21-14-17-8-6-7-9-18(17)15-27(24,25)23-10-12-26-13-11-23/h6-9,16H,4-5,10-15H2,1-3H3,(H2,20,21,22). The van der Waals surface area contributed by atoms with E-state index in [-0.39, 0.29) is 5.75 Å². The summed E-state index contributed by atoms with van der Waals surface area (Å²) in [5.41, 5.74) is 1.72. The molecule has 8 heteroatoms. The number of guanidine groups is 1. The van der Waals surface area contributed by atoms with E-state index in [9.17, 15) is 8.42 Å². The van der Waals surface area contributed by atoms with Gasteiger partial charge < -0.3 is 15.4 Å². The van der Waals surface area contributed by atoms with Gasteiger partial charge in [-0.05, 0) is 31.4 Å². The van der Waals surface area contributed by atoms with Crippen LogP contribution in [0.25, 0.3) is 0 Å². The first-order valence-corrected chi connectivity index (χ1v) is 11.2. The van der Waals surface area contributed by atoms with Crippen LogP contribution in [-0.4, -0.2) is 57.6 Å². The lowest BCUT2D eigenvalue weighted by Gasteiger charge is -2.26. The zero-order valence-corrected chi connectivity index (χ0v) is 17.4. The summed E-state index contributed by atoms with van der Waals surface area (Å²) in [6, 6.07) is 7.93. The van der Waals surface area contributed by atoms with Crippen molar-refractivity contribution < 1.29 is 13.2 Å². The van der Waals surface area contributed by atoms with Crippen molar-refractivity contribution in [3.8, 4) is 0 Å². The number of hydrogen-bond donors (Lipinski definition) is 2. The maximum Gasteiger partial charge on any atom is 0.218 e. The predicted molar refractivity (Wildman–Crippen MR) is 109 cm³/mol. The quantitative estimate of drug-likeness (QED) is 0.516. The third-order valence-electron chi connectivity index (χ3n) is 4.57. The molecule has 0 saturated carbocycles. The van der Waals surface area contributed by atoms with E-state index < -0.39 is 10.0 Å². The maximum absolute atomic E-state index is 12.7. The van der Waals surface area contributed by atoms with Crippen LogP contribution in [0.3, 0.4) is 0 Å². The second-order valence-electron chi connectivity index (χ2n) is 6.69. The first-order valence-electron chi connectivity index (χ1n) is 9.63. The van der Waals surface area contributed by atoms with Gasteiger partial charge in [-0.3, -0.25) is 0 Å². The molecule has 1 heterocycles. The smallest absolute Gasteiger partial charge is 0.218 e. The number of nitrogens with one attached hydrogen (secondary N) is 2. The van der Waals surface area contributed by atoms with Gasteiger partial charge in [0.15, 0.2) is 5.96 Å². The lowest BCUT2D eigenvalue weighted by Crippen LogP contribution is -2.42. The van der Waals surface area contributed by atoms with E-state index in [0.29, 0.717) is 38.9 Å². The van der Waals surface area contributed by atoms with E-state index >= 15 is 0 Å². The number of aliphatic imine (C=N–C) groups is 1. The van der Waals surface area contributed by atoms with Gasteiger partial charge in [-0.25, -0.2) is 13.4 Å². The molecule has 1 atom stereocenters. The average molecular weight is 397 g/mol. The third-order valence-corrected chi connectivity index (χ3v) is 6.39. The first kappa shape index (κ1) is 21.7. The molecule has 1 fully saturated rings. The van der Waals surface area contributed by atoms with Crippen LogP contribution in [0, 0.1) is 0 Å². The molecule has 7 nitrogen and oxygen atoms in total. The van der Waals surface area contributed by atoms with Crippen molar-refractivity contribution in [3.05, 3.63) is 35.4 Å². The molecular formula is C19H32N4O3S. The third kappa shape index (κ3) is 6.79. The molecule has 0 radical (unpaired) electrons. The molecule has 0 spiro atoms. The minimum Gasteiger partial charge on any atom is -0.379 e. The Bertz CT molecular complexity index is 715. The van der Waals surface area contributed by atoms with Crippen LogP contribution >= 0.6 is 0 Å². The Hall–Kier alpha value is -1.64. The van der Waals surface area contributed by atoms with Crippen LogP contribution < -0.4 is 10.6 Å². The van der Waals surface area contributed by atoms with E-state index in [2.05, 4.69) is 29.5 Å². The van der Waals surface area contributed by atoms with Crippen LogP contribution in [0.1, 0.15) is 38.3 Å². The van der Waals surface area contributed by atoms with Gasteiger partial charge in [0.1, 0.15) is 0 Å². The molecule has 2 N–H and O–H groups in total. The maximum atomic E-state index is 12.7. The van der Waals surface area contributed by atoms with Crippen molar-refractivity contribution in [2.24, 2.45) is 4.99 Å². The Morgan fingerprint density at radius 3 is 2.52 bits per heavy atom. The zero-order valence-electron chi connectivity index (χ0n) is 16.6. The van der Waals surface area contributed by atoms with Crippen LogP contribution in [0.15, 0.2) is 29.3 Å². The molecule has 1 aliphatic rings. The number of hydrogen-bond acceptors (Lipinski definition) is 4. The minimum atomic E-state index is -3.36. The molecular weight excluding hydrogens is 364 g/mol. The topological polar surface area (TPSA) is 83.0 Å². The SMILES string of the molecule is CCNC(=NCc1ccccc1CS(=O)(=O)N1CCOCC1)NC(C)CC. The highest BCUT2D eigenvalue weighted by Gasteiger charge is 2.25. The van der Waals surface area contributed by atoms with E-state index in [1.165, 1.54) is 4.31 Å². The molecule has 0 aliphatic carbocycles. The summed E-state index contributed by atoms with van der Waals surface area (Å²) in [7, 11) is -3.36. The van der Waals surface area contributed by atoms with Crippen LogP contribution in [-0.2, 0) is 27.1 Å². The number of ether oxygens (including phenoxy) is 1. The molecule has 2 rings (SSSR count). The van der Waals surface area contributed by atoms with E-state index in [1.807, 2.05) is 31.2 Å². The fourth-order valence-corrected chi connectivity index (χ4v) is 4.35. The minimum absolute atomic E-state index is 0.00593. The predicted octanol–water partition coefficient (Wildman–Crippen LogP) is 1.70. The normalized spacial score (nSPS) is 17.5. The summed E-state index contributed by atoms with van der Waals surface area (Å²) >= 11 is 0. The second kappa shape index (κ2) is 10.6. The van der Waals surface area contributed by atoms with Gasteiger partial charge in [0.25, 0.3) is 0 Å². The Morgan fingerprint density at radius 1 is 1.22 bits per heavy atom. The number of nitrogens with zero attached hydrogens (tertiary/aromatic N) is 2. The van der Waals surface area contributed by atoms with Crippen molar-refractivity contribution in [1.29, 1.82) is 0 Å². The molecule has 1 aliphatic heterocycles. The van der Waals surface area contributed by atoms with Gasteiger partial charge in [0.2, 0.25) is 10.0 Å². The molecule has 1 aromatic rings. The van der Waals surface area contributed by atoms with Crippen molar-refractivity contribution >= 4 is 16.0 Å². The second-order valence-corrected chi connectivity index (χ2v) is 8.65. The number of benzene rings is 1. The highest BCUT2D eigenvalue weighted by Crippen LogP contribution is 2.17. The largest absolute Gasteiger partial charge is 0.379 e. The first-order chi connectivity index (χ1) is 13.0. The molecule has 0 bridgehead atoms. The van der Waals surface area contributed by atoms with Crippen molar-refractivity contribution in [3.63, 3.8) is 0 Å². The van der Waals surface area contributed by atoms with Gasteiger partial charge in [-0.15, -0.1) is 0 Å². The zero-order chi connectivity index (χ0) is 19.7. The van der Waals surface area contributed by atoms with E-state index in [1.54, 1.807) is 0 Å². The molecule has 1 unspecified atom stereocenters. The Balaban J connectivity index is 2.13. The molecule has 0 amide bonds. The van der Waals surface area contributed by atoms with Gasteiger partial charge in [0.05, 0.1) is 25.5 Å². The van der Waals surface area contributed by atoms with Crippen LogP contribution in [0.5, 0.6) is 0 Å². The number of morpholine rings is 1. The van der Waals surface area contributed by atoms with Crippen LogP contribution in [0.4, 0.5) is 0 Å². The average Bonchev–Trinajstić information content (AvgIpc) is 2.67. The summed E-state index contributed by atoms with van der Waals surface area (Å²) in [6.45, 7) is 9.21. The van der Waals surface area contributed by atoms with Gasteiger partial charge in [-0.1, -0.05) is 31.2 Å². The fraction of sp³-hybridized carbons (Fsp3) is 0.632. The summed E-state index contributed by atoms with van der Waals surface area (Å²) in [4.78, 5) is 4.64. The molecule has 27 heavy (non-hydrogen) atoms. The summed E-state index contributed by atoms with van der Waals surface area (Å²) < 4.78 is 32.3. The van der Waals surface area contributed by atoms with Crippen molar-refractivity contribution in [1.82, 2.24) is 14.9 Å².